The van der Waals surface area contributed by atoms with Crippen LogP contribution in [0.4, 0.5) is 0 Å². The third-order valence-corrected chi connectivity index (χ3v) is 3.84. The number of nitrogens with zero attached hydrogens (tertiary/aromatic N) is 1. The van der Waals surface area contributed by atoms with Gasteiger partial charge in [-0.25, -0.2) is 5.43 Å². The number of halogens is 1. The van der Waals surface area contributed by atoms with Gasteiger partial charge in [0.05, 0.1) is 31.4 Å². The van der Waals surface area contributed by atoms with E-state index in [4.69, 9.17) is 32.2 Å². The lowest BCUT2D eigenvalue weighted by atomic mass is 10.1. The lowest BCUT2D eigenvalue weighted by Crippen LogP contribution is -2.19. The number of terminal acetylenes is 1. The average molecular weight is 401 g/mol. The molecule has 146 valence electrons. The molecule has 2 rings (SSSR count). The molecule has 0 saturated heterocycles. The van der Waals surface area contributed by atoms with E-state index in [0.717, 1.165) is 11.3 Å². The van der Waals surface area contributed by atoms with E-state index < -0.39 is 0 Å². The second kappa shape index (κ2) is 10.9. The number of hydrazone groups is 1. The summed E-state index contributed by atoms with van der Waals surface area (Å²) in [5.74, 6) is 3.71. The first-order valence-corrected chi connectivity index (χ1v) is 8.92. The van der Waals surface area contributed by atoms with Gasteiger partial charge < -0.3 is 14.2 Å². The van der Waals surface area contributed by atoms with Gasteiger partial charge in [0.1, 0.15) is 12.4 Å². The number of hydrogen-bond acceptors (Lipinski definition) is 5. The second-order valence-corrected chi connectivity index (χ2v) is 5.98. The highest BCUT2D eigenvalue weighted by atomic mass is 35.5. The highest BCUT2D eigenvalue weighted by Crippen LogP contribution is 2.36. The largest absolute Gasteiger partial charge is 0.497 e. The molecule has 0 aliphatic heterocycles. The lowest BCUT2D eigenvalue weighted by Gasteiger charge is -2.12. The molecule has 0 fully saturated rings. The number of amides is 1. The summed E-state index contributed by atoms with van der Waals surface area (Å²) in [4.78, 5) is 12.0. The Bertz CT molecular complexity index is 873. The minimum atomic E-state index is -0.244. The number of carbonyl (C=O) groups is 1. The van der Waals surface area contributed by atoms with E-state index in [1.54, 1.807) is 31.4 Å². The van der Waals surface area contributed by atoms with Crippen molar-refractivity contribution in [2.45, 2.75) is 13.3 Å². The first-order chi connectivity index (χ1) is 13.6. The highest BCUT2D eigenvalue weighted by Gasteiger charge is 2.12. The number of carbonyl (C=O) groups excluding carboxylic acids is 1. The van der Waals surface area contributed by atoms with Gasteiger partial charge in [-0.3, -0.25) is 4.79 Å². The fraction of sp³-hybridized carbons (Fsp3) is 0.238. The summed E-state index contributed by atoms with van der Waals surface area (Å²) in [5, 5.41) is 4.31. The zero-order valence-corrected chi connectivity index (χ0v) is 16.5. The maximum Gasteiger partial charge on any atom is 0.244 e. The molecule has 0 aliphatic rings. The van der Waals surface area contributed by atoms with Crippen molar-refractivity contribution < 1.29 is 19.0 Å². The smallest absolute Gasteiger partial charge is 0.244 e. The maximum atomic E-state index is 12.0. The van der Waals surface area contributed by atoms with Gasteiger partial charge in [-0.2, -0.15) is 5.10 Å². The van der Waals surface area contributed by atoms with Gasteiger partial charge in [0.2, 0.25) is 5.91 Å². The van der Waals surface area contributed by atoms with Crippen LogP contribution in [0.1, 0.15) is 18.1 Å². The van der Waals surface area contributed by atoms with Crippen molar-refractivity contribution in [2.24, 2.45) is 5.10 Å². The lowest BCUT2D eigenvalue weighted by molar-refractivity contribution is -0.120. The molecule has 1 amide bonds. The number of benzene rings is 2. The molecule has 0 spiro atoms. The van der Waals surface area contributed by atoms with Crippen LogP contribution in [0.15, 0.2) is 41.5 Å². The maximum absolute atomic E-state index is 12.0. The van der Waals surface area contributed by atoms with Crippen LogP contribution in [0.3, 0.4) is 0 Å². The highest BCUT2D eigenvalue weighted by molar-refractivity contribution is 6.32. The second-order valence-electron chi connectivity index (χ2n) is 5.57. The van der Waals surface area contributed by atoms with Gasteiger partial charge in [0.25, 0.3) is 0 Å². The Morgan fingerprint density at radius 1 is 1.29 bits per heavy atom. The van der Waals surface area contributed by atoms with Gasteiger partial charge >= 0.3 is 0 Å². The molecule has 0 atom stereocenters. The van der Waals surface area contributed by atoms with Gasteiger partial charge in [-0.05, 0) is 42.3 Å². The van der Waals surface area contributed by atoms with Crippen molar-refractivity contribution >= 4 is 23.7 Å². The molecule has 0 radical (unpaired) electrons. The third-order valence-electron chi connectivity index (χ3n) is 3.56. The van der Waals surface area contributed by atoms with E-state index in [1.165, 1.54) is 6.21 Å². The minimum absolute atomic E-state index is 0.0780. The van der Waals surface area contributed by atoms with Crippen molar-refractivity contribution in [1.29, 1.82) is 0 Å². The van der Waals surface area contributed by atoms with Crippen molar-refractivity contribution in [1.82, 2.24) is 5.43 Å². The Balaban J connectivity index is 2.02. The SMILES string of the molecule is C#CCOc1c(Cl)cc(/C=N\NC(=O)Cc2ccc(OC)cc2)cc1OCC. The van der Waals surface area contributed by atoms with Gasteiger partial charge in [0, 0.05) is 0 Å². The Morgan fingerprint density at radius 2 is 2.04 bits per heavy atom. The van der Waals surface area contributed by atoms with E-state index in [-0.39, 0.29) is 18.9 Å². The molecule has 28 heavy (non-hydrogen) atoms. The normalized spacial score (nSPS) is 10.4. The minimum Gasteiger partial charge on any atom is -0.497 e. The number of nitrogens with one attached hydrogen (secondary N) is 1. The van der Waals surface area contributed by atoms with E-state index in [9.17, 15) is 4.79 Å². The molecule has 7 heteroatoms. The van der Waals surface area contributed by atoms with E-state index in [2.05, 4.69) is 16.4 Å². The van der Waals surface area contributed by atoms with Crippen LogP contribution in [0.2, 0.25) is 5.02 Å². The number of methoxy groups -OCH3 is 1. The Hall–Kier alpha value is -3.17. The molecule has 0 unspecified atom stereocenters. The molecule has 0 heterocycles. The summed E-state index contributed by atoms with van der Waals surface area (Å²) < 4.78 is 16.1. The van der Waals surface area contributed by atoms with Crippen molar-refractivity contribution in [2.75, 3.05) is 20.3 Å². The summed E-state index contributed by atoms with van der Waals surface area (Å²) in [7, 11) is 1.59. The summed E-state index contributed by atoms with van der Waals surface area (Å²) in [6.45, 7) is 2.36. The van der Waals surface area contributed by atoms with Crippen LogP contribution in [-0.2, 0) is 11.2 Å². The number of rotatable bonds is 9. The molecular weight excluding hydrogens is 380 g/mol. The first kappa shape index (κ1) is 21.1. The number of ether oxygens (including phenoxy) is 3. The quantitative estimate of drug-likeness (QED) is 0.397. The topological polar surface area (TPSA) is 69.2 Å². The Labute approximate surface area is 169 Å². The molecule has 6 nitrogen and oxygen atoms in total. The molecule has 1 N–H and O–H groups in total. The van der Waals surface area contributed by atoms with E-state index in [1.807, 2.05) is 19.1 Å². The molecule has 0 saturated carbocycles. The van der Waals surface area contributed by atoms with Crippen LogP contribution < -0.4 is 19.6 Å². The zero-order chi connectivity index (χ0) is 20.4. The summed E-state index contributed by atoms with van der Waals surface area (Å²) in [5.41, 5.74) is 3.98. The molecule has 2 aromatic carbocycles. The molecule has 0 bridgehead atoms. The van der Waals surface area contributed by atoms with Gasteiger partial charge in [-0.15, -0.1) is 6.42 Å². The Morgan fingerprint density at radius 3 is 2.68 bits per heavy atom. The van der Waals surface area contributed by atoms with E-state index >= 15 is 0 Å². The van der Waals surface area contributed by atoms with Crippen LogP contribution in [0.5, 0.6) is 17.2 Å². The molecule has 0 aliphatic carbocycles. The van der Waals surface area contributed by atoms with Crippen molar-refractivity contribution in [3.8, 4) is 29.6 Å². The van der Waals surface area contributed by atoms with E-state index in [0.29, 0.717) is 28.7 Å². The Kier molecular flexibility index (Phi) is 8.19. The van der Waals surface area contributed by atoms with Crippen molar-refractivity contribution in [3.05, 3.63) is 52.5 Å². The summed E-state index contributed by atoms with van der Waals surface area (Å²) >= 11 is 6.25. The fourth-order valence-corrected chi connectivity index (χ4v) is 2.60. The van der Waals surface area contributed by atoms with Crippen LogP contribution in [0, 0.1) is 12.3 Å². The predicted octanol–water partition coefficient (Wildman–Crippen LogP) is 3.45. The fourth-order valence-electron chi connectivity index (χ4n) is 2.33. The standard InChI is InChI=1S/C21H21ClN2O4/c1-4-10-28-21-18(22)11-16(12-19(21)27-5-2)14-23-24-20(25)13-15-6-8-17(26-3)9-7-15/h1,6-9,11-12,14H,5,10,13H2,2-3H3,(H,24,25)/b23-14-. The van der Waals surface area contributed by atoms with Crippen LogP contribution >= 0.6 is 11.6 Å². The van der Waals surface area contributed by atoms with Crippen LogP contribution in [0.25, 0.3) is 0 Å². The monoisotopic (exact) mass is 400 g/mol. The van der Waals surface area contributed by atoms with Gasteiger partial charge in [0.15, 0.2) is 11.5 Å². The summed E-state index contributed by atoms with van der Waals surface area (Å²) in [6, 6.07) is 10.6. The molecule has 0 aromatic heterocycles. The van der Waals surface area contributed by atoms with Crippen LogP contribution in [-0.4, -0.2) is 32.4 Å². The molecular formula is C21H21ClN2O4. The number of hydrogen-bond donors (Lipinski definition) is 1. The third kappa shape index (κ3) is 6.22. The molecule has 2 aromatic rings. The van der Waals surface area contributed by atoms with Gasteiger partial charge in [-0.1, -0.05) is 29.7 Å². The first-order valence-electron chi connectivity index (χ1n) is 8.54. The average Bonchev–Trinajstić information content (AvgIpc) is 2.68. The van der Waals surface area contributed by atoms with Crippen molar-refractivity contribution in [3.63, 3.8) is 0 Å². The summed E-state index contributed by atoms with van der Waals surface area (Å²) in [6.07, 6.45) is 6.89. The predicted molar refractivity (Wildman–Crippen MR) is 109 cm³/mol. The zero-order valence-electron chi connectivity index (χ0n) is 15.7.